The normalized spacial score (nSPS) is 15.6. The van der Waals surface area contributed by atoms with Gasteiger partial charge in [-0.05, 0) is 31.0 Å². The number of rotatable bonds is 5. The summed E-state index contributed by atoms with van der Waals surface area (Å²) in [4.78, 5) is 0. The Balaban J connectivity index is 3.89. The van der Waals surface area contributed by atoms with Crippen molar-refractivity contribution in [3.05, 3.63) is 0 Å². The molecule has 0 aliphatic heterocycles. The second kappa shape index (κ2) is 5.28. The summed E-state index contributed by atoms with van der Waals surface area (Å²) < 4.78 is 5.95. The van der Waals surface area contributed by atoms with Gasteiger partial charge in [0.15, 0.2) is 8.32 Å². The maximum Gasteiger partial charge on any atom is 0.191 e. The van der Waals surface area contributed by atoms with Crippen molar-refractivity contribution in [1.82, 2.24) is 0 Å². The molecule has 2 nitrogen and oxygen atoms in total. The van der Waals surface area contributed by atoms with E-state index in [1.54, 1.807) is 0 Å². The molecule has 0 saturated carbocycles. The Kier molecular flexibility index (Phi) is 5.34. The first-order chi connectivity index (χ1) is 6.20. The molecule has 14 heavy (non-hydrogen) atoms. The van der Waals surface area contributed by atoms with Crippen LogP contribution < -0.4 is 0 Å². The molecule has 1 N–H and O–H groups in total. The van der Waals surface area contributed by atoms with Gasteiger partial charge in [0.2, 0.25) is 0 Å². The summed E-state index contributed by atoms with van der Waals surface area (Å²) in [6, 6.07) is 0. The quantitative estimate of drug-likeness (QED) is 0.718. The van der Waals surface area contributed by atoms with E-state index in [1.807, 2.05) is 6.92 Å². The molecule has 1 unspecified atom stereocenters. The van der Waals surface area contributed by atoms with Gasteiger partial charge in [-0.3, -0.25) is 0 Å². The molecule has 0 radical (unpaired) electrons. The minimum atomic E-state index is -1.60. The highest BCUT2D eigenvalue weighted by Crippen LogP contribution is 2.36. The van der Waals surface area contributed by atoms with E-state index in [9.17, 15) is 5.11 Å². The van der Waals surface area contributed by atoms with Crippen molar-refractivity contribution in [2.45, 2.75) is 64.8 Å². The minimum absolute atomic E-state index is 0.195. The van der Waals surface area contributed by atoms with E-state index in [4.69, 9.17) is 4.43 Å². The monoisotopic (exact) mass is 218 g/mol. The molecule has 0 aromatic heterocycles. The number of aliphatic hydroxyl groups is 1. The zero-order valence-electron chi connectivity index (χ0n) is 10.6. The lowest BCUT2D eigenvalue weighted by Crippen LogP contribution is -2.41. The first-order valence-corrected chi connectivity index (χ1v) is 8.43. The summed E-state index contributed by atoms with van der Waals surface area (Å²) in [5.41, 5.74) is 0. The molecule has 0 aromatic rings. The van der Waals surface area contributed by atoms with E-state index >= 15 is 0 Å². The van der Waals surface area contributed by atoms with Gasteiger partial charge in [0, 0.05) is 6.61 Å². The van der Waals surface area contributed by atoms with Crippen LogP contribution in [0.2, 0.25) is 18.1 Å². The number of aliphatic hydroxyl groups excluding tert-OH is 1. The van der Waals surface area contributed by atoms with Gasteiger partial charge in [-0.2, -0.15) is 0 Å². The molecule has 86 valence electrons. The van der Waals surface area contributed by atoms with Crippen LogP contribution >= 0.6 is 0 Å². The van der Waals surface area contributed by atoms with Crippen LogP contribution in [-0.2, 0) is 4.43 Å². The van der Waals surface area contributed by atoms with Gasteiger partial charge < -0.3 is 9.53 Å². The molecule has 0 fully saturated rings. The highest BCUT2D eigenvalue weighted by atomic mass is 28.4. The molecule has 0 spiro atoms. The highest BCUT2D eigenvalue weighted by Gasteiger charge is 2.36. The molecular formula is C11H26O2Si. The summed E-state index contributed by atoms with van der Waals surface area (Å²) in [7, 11) is -1.60. The zero-order chi connectivity index (χ0) is 11.4. The largest absolute Gasteiger partial charge is 0.417 e. The van der Waals surface area contributed by atoms with Crippen molar-refractivity contribution in [2.24, 2.45) is 0 Å². The average Bonchev–Trinajstić information content (AvgIpc) is 2.01. The smallest absolute Gasteiger partial charge is 0.191 e. The van der Waals surface area contributed by atoms with Crippen LogP contribution in [0.5, 0.6) is 0 Å². The lowest BCUT2D eigenvalue weighted by molar-refractivity contribution is 0.131. The van der Waals surface area contributed by atoms with Crippen molar-refractivity contribution in [1.29, 1.82) is 0 Å². The fraction of sp³-hybridized carbons (Fsp3) is 1.00. The lowest BCUT2D eigenvalue weighted by atomic mass is 10.2. The second-order valence-electron chi connectivity index (χ2n) is 5.46. The SMILES string of the molecule is CCC(O)CCO[Si](C)(C)C(C)(C)C. The van der Waals surface area contributed by atoms with Crippen LogP contribution in [-0.4, -0.2) is 26.1 Å². The molecule has 1 atom stereocenters. The Labute approximate surface area is 89.8 Å². The van der Waals surface area contributed by atoms with Crippen LogP contribution in [0.25, 0.3) is 0 Å². The predicted molar refractivity (Wildman–Crippen MR) is 64.1 cm³/mol. The Hall–Kier alpha value is 0.137. The lowest BCUT2D eigenvalue weighted by Gasteiger charge is -2.36. The van der Waals surface area contributed by atoms with Crippen molar-refractivity contribution >= 4 is 8.32 Å². The Morgan fingerprint density at radius 3 is 2.14 bits per heavy atom. The zero-order valence-corrected chi connectivity index (χ0v) is 11.6. The van der Waals surface area contributed by atoms with E-state index in [-0.39, 0.29) is 11.1 Å². The maximum atomic E-state index is 9.39. The first-order valence-electron chi connectivity index (χ1n) is 5.52. The molecule has 3 heteroatoms. The van der Waals surface area contributed by atoms with Gasteiger partial charge in [0.05, 0.1) is 6.10 Å². The van der Waals surface area contributed by atoms with Crippen LogP contribution in [0.15, 0.2) is 0 Å². The van der Waals surface area contributed by atoms with Crippen molar-refractivity contribution in [3.8, 4) is 0 Å². The predicted octanol–water partition coefficient (Wildman–Crippen LogP) is 3.17. The first kappa shape index (κ1) is 14.1. The second-order valence-corrected chi connectivity index (χ2v) is 10.3. The average molecular weight is 218 g/mol. The fourth-order valence-electron chi connectivity index (χ4n) is 0.871. The number of hydrogen-bond acceptors (Lipinski definition) is 2. The summed E-state index contributed by atoms with van der Waals surface area (Å²) in [6.07, 6.45) is 1.39. The standard InChI is InChI=1S/C11H26O2Si/c1-7-10(12)8-9-13-14(5,6)11(2,3)4/h10,12H,7-9H2,1-6H3. The van der Waals surface area contributed by atoms with E-state index in [0.29, 0.717) is 6.61 Å². The van der Waals surface area contributed by atoms with Gasteiger partial charge in [-0.25, -0.2) is 0 Å². The van der Waals surface area contributed by atoms with Crippen molar-refractivity contribution in [2.75, 3.05) is 6.61 Å². The van der Waals surface area contributed by atoms with E-state index in [0.717, 1.165) is 12.8 Å². The van der Waals surface area contributed by atoms with Crippen molar-refractivity contribution in [3.63, 3.8) is 0 Å². The topological polar surface area (TPSA) is 29.5 Å². The third kappa shape index (κ3) is 4.58. The molecule has 0 bridgehead atoms. The van der Waals surface area contributed by atoms with Crippen molar-refractivity contribution < 1.29 is 9.53 Å². The molecule has 0 heterocycles. The summed E-state index contributed by atoms with van der Waals surface area (Å²) in [5.74, 6) is 0. The third-order valence-electron chi connectivity index (χ3n) is 3.19. The summed E-state index contributed by atoms with van der Waals surface area (Å²) in [5, 5.41) is 9.66. The van der Waals surface area contributed by atoms with E-state index in [2.05, 4.69) is 33.9 Å². The molecule has 0 aliphatic carbocycles. The maximum absolute atomic E-state index is 9.39. The summed E-state index contributed by atoms with van der Waals surface area (Å²) in [6.45, 7) is 13.9. The molecule has 0 aliphatic rings. The number of hydrogen-bond donors (Lipinski definition) is 1. The van der Waals surface area contributed by atoms with Gasteiger partial charge in [-0.15, -0.1) is 0 Å². The van der Waals surface area contributed by atoms with E-state index in [1.165, 1.54) is 0 Å². The molecular weight excluding hydrogens is 192 g/mol. The van der Waals surface area contributed by atoms with Crippen LogP contribution in [0.1, 0.15) is 40.5 Å². The molecule has 0 saturated heterocycles. The van der Waals surface area contributed by atoms with Crippen LogP contribution in [0.3, 0.4) is 0 Å². The van der Waals surface area contributed by atoms with Gasteiger partial charge in [-0.1, -0.05) is 27.7 Å². The Morgan fingerprint density at radius 2 is 1.79 bits per heavy atom. The third-order valence-corrected chi connectivity index (χ3v) is 7.73. The van der Waals surface area contributed by atoms with Crippen LogP contribution in [0, 0.1) is 0 Å². The molecule has 0 rings (SSSR count). The molecule has 0 aromatic carbocycles. The van der Waals surface area contributed by atoms with E-state index < -0.39 is 8.32 Å². The Bertz CT molecular complexity index is 161. The minimum Gasteiger partial charge on any atom is -0.417 e. The van der Waals surface area contributed by atoms with Crippen LogP contribution in [0.4, 0.5) is 0 Å². The van der Waals surface area contributed by atoms with Gasteiger partial charge in [0.25, 0.3) is 0 Å². The fourth-order valence-corrected chi connectivity index (χ4v) is 1.93. The highest BCUT2D eigenvalue weighted by molar-refractivity contribution is 6.74. The van der Waals surface area contributed by atoms with Gasteiger partial charge in [0.1, 0.15) is 0 Å². The van der Waals surface area contributed by atoms with Gasteiger partial charge >= 0.3 is 0 Å². The molecule has 0 amide bonds. The Morgan fingerprint density at radius 1 is 1.29 bits per heavy atom. The summed E-state index contributed by atoms with van der Waals surface area (Å²) >= 11 is 0.